The summed E-state index contributed by atoms with van der Waals surface area (Å²) < 4.78 is 21.4. The third-order valence-corrected chi connectivity index (χ3v) is 4.19. The van der Waals surface area contributed by atoms with Crippen LogP contribution in [-0.2, 0) is 0 Å². The Balaban J connectivity index is 1.97. The lowest BCUT2D eigenvalue weighted by Gasteiger charge is -2.19. The van der Waals surface area contributed by atoms with Crippen molar-refractivity contribution < 1.29 is 23.7 Å². The maximum atomic E-state index is 12.7. The fourth-order valence-electron chi connectivity index (χ4n) is 2.66. The van der Waals surface area contributed by atoms with Gasteiger partial charge in [0, 0.05) is 11.6 Å². The summed E-state index contributed by atoms with van der Waals surface area (Å²) in [6.07, 6.45) is 1.74. The van der Waals surface area contributed by atoms with Crippen molar-refractivity contribution in [1.29, 1.82) is 0 Å². The first-order valence-electron chi connectivity index (χ1n) is 7.55. The number of halogens is 1. The molecule has 0 radical (unpaired) electrons. The minimum atomic E-state index is -0.0881. The molecule has 0 bridgehead atoms. The van der Waals surface area contributed by atoms with Gasteiger partial charge in [-0.05, 0) is 35.9 Å². The normalized spacial score (nSPS) is 14.7. The van der Waals surface area contributed by atoms with Gasteiger partial charge in [0.2, 0.25) is 0 Å². The second-order valence-corrected chi connectivity index (χ2v) is 5.79. The Morgan fingerprint density at radius 1 is 1.08 bits per heavy atom. The Kier molecular flexibility index (Phi) is 4.86. The zero-order valence-corrected chi connectivity index (χ0v) is 14.8. The molecule has 0 saturated carbocycles. The van der Waals surface area contributed by atoms with Crippen molar-refractivity contribution in [2.45, 2.75) is 0 Å². The maximum absolute atomic E-state index is 12.7. The topological polar surface area (TPSA) is 54.0 Å². The number of benzene rings is 2. The molecule has 5 nitrogen and oxygen atoms in total. The smallest absolute Gasteiger partial charge is 0.196 e. The molecule has 0 fully saturated rings. The van der Waals surface area contributed by atoms with E-state index >= 15 is 0 Å². The molecule has 3 rings (SSSR count). The molecule has 25 heavy (non-hydrogen) atoms. The third kappa shape index (κ3) is 3.28. The summed E-state index contributed by atoms with van der Waals surface area (Å²) in [7, 11) is 4.62. The van der Waals surface area contributed by atoms with E-state index in [2.05, 4.69) is 0 Å². The summed E-state index contributed by atoms with van der Waals surface area (Å²) in [5.74, 6) is 2.03. The van der Waals surface area contributed by atoms with Crippen LogP contribution in [0.5, 0.6) is 23.0 Å². The van der Waals surface area contributed by atoms with Gasteiger partial charge in [-0.3, -0.25) is 4.79 Å². The molecule has 1 aliphatic heterocycles. The molecule has 6 heteroatoms. The Labute approximate surface area is 150 Å². The van der Waals surface area contributed by atoms with Crippen molar-refractivity contribution in [2.75, 3.05) is 27.9 Å². The summed E-state index contributed by atoms with van der Waals surface area (Å²) in [5, 5.41) is 0.406. The summed E-state index contributed by atoms with van der Waals surface area (Å²) in [4.78, 5) is 12.7. The van der Waals surface area contributed by atoms with Gasteiger partial charge in [-0.1, -0.05) is 11.6 Å². The highest BCUT2D eigenvalue weighted by molar-refractivity contribution is 6.32. The average Bonchev–Trinajstić information content (AvgIpc) is 2.63. The van der Waals surface area contributed by atoms with Gasteiger partial charge in [0.05, 0.1) is 31.9 Å². The quantitative estimate of drug-likeness (QED) is 0.771. The van der Waals surface area contributed by atoms with Gasteiger partial charge < -0.3 is 18.9 Å². The second kappa shape index (κ2) is 7.07. The van der Waals surface area contributed by atoms with E-state index in [4.69, 9.17) is 30.5 Å². The molecule has 0 aliphatic carbocycles. The fourth-order valence-corrected chi connectivity index (χ4v) is 2.96. The first-order valence-corrected chi connectivity index (χ1v) is 7.92. The number of ketones is 1. The van der Waals surface area contributed by atoms with Crippen molar-refractivity contribution in [3.05, 3.63) is 52.1 Å². The predicted octanol–water partition coefficient (Wildman–Crippen LogP) is 4.02. The standard InChI is InChI=1S/C19H17ClO5/c1-22-13-4-5-14-16(9-13)25-10-12(18(14)21)6-11-7-15(20)19(24-3)17(8-11)23-2/h4-9H,10H2,1-3H3/b12-6+. The van der Waals surface area contributed by atoms with E-state index < -0.39 is 0 Å². The molecule has 0 saturated heterocycles. The van der Waals surface area contributed by atoms with Crippen LogP contribution in [0.25, 0.3) is 6.08 Å². The maximum Gasteiger partial charge on any atom is 0.196 e. The zero-order valence-electron chi connectivity index (χ0n) is 14.1. The minimum Gasteiger partial charge on any atom is -0.497 e. The first kappa shape index (κ1) is 17.2. The van der Waals surface area contributed by atoms with Gasteiger partial charge in [-0.25, -0.2) is 0 Å². The van der Waals surface area contributed by atoms with Gasteiger partial charge in [0.1, 0.15) is 18.1 Å². The molecule has 0 aromatic heterocycles. The molecular formula is C19H17ClO5. The van der Waals surface area contributed by atoms with Gasteiger partial charge >= 0.3 is 0 Å². The molecule has 1 aliphatic rings. The van der Waals surface area contributed by atoms with E-state index in [1.165, 1.54) is 14.2 Å². The second-order valence-electron chi connectivity index (χ2n) is 5.39. The summed E-state index contributed by atoms with van der Waals surface area (Å²) in [6, 6.07) is 8.61. The van der Waals surface area contributed by atoms with E-state index in [1.54, 1.807) is 43.5 Å². The van der Waals surface area contributed by atoms with Crippen LogP contribution >= 0.6 is 11.6 Å². The highest BCUT2D eigenvalue weighted by Gasteiger charge is 2.24. The lowest BCUT2D eigenvalue weighted by atomic mass is 9.98. The van der Waals surface area contributed by atoms with E-state index in [0.29, 0.717) is 39.2 Å². The van der Waals surface area contributed by atoms with Crippen LogP contribution in [0.4, 0.5) is 0 Å². The number of fused-ring (bicyclic) bond motifs is 1. The van der Waals surface area contributed by atoms with Crippen molar-refractivity contribution >= 4 is 23.5 Å². The molecular weight excluding hydrogens is 344 g/mol. The van der Waals surface area contributed by atoms with Crippen molar-refractivity contribution in [2.24, 2.45) is 0 Å². The molecule has 0 unspecified atom stereocenters. The molecule has 1 heterocycles. The van der Waals surface area contributed by atoms with Gasteiger partial charge in [-0.2, -0.15) is 0 Å². The van der Waals surface area contributed by atoms with Crippen LogP contribution in [0.1, 0.15) is 15.9 Å². The van der Waals surface area contributed by atoms with Crippen LogP contribution in [0.3, 0.4) is 0 Å². The summed E-state index contributed by atoms with van der Waals surface area (Å²) in [6.45, 7) is 0.172. The number of ether oxygens (including phenoxy) is 4. The van der Waals surface area contributed by atoms with Crippen LogP contribution < -0.4 is 18.9 Å². The molecule has 0 spiro atoms. The highest BCUT2D eigenvalue weighted by Crippen LogP contribution is 2.37. The third-order valence-electron chi connectivity index (χ3n) is 3.91. The van der Waals surface area contributed by atoms with Crippen LogP contribution in [0.15, 0.2) is 35.9 Å². The number of carbonyl (C=O) groups is 1. The average molecular weight is 361 g/mol. The SMILES string of the molecule is COc1ccc2c(c1)OC/C(=C\c1cc(Cl)c(OC)c(OC)c1)C2=O. The molecule has 2 aromatic rings. The number of rotatable bonds is 4. The highest BCUT2D eigenvalue weighted by atomic mass is 35.5. The predicted molar refractivity (Wildman–Crippen MR) is 95.4 cm³/mol. The Hall–Kier alpha value is -2.66. The van der Waals surface area contributed by atoms with Crippen LogP contribution in [0, 0.1) is 0 Å². The largest absolute Gasteiger partial charge is 0.497 e. The Morgan fingerprint density at radius 3 is 2.56 bits per heavy atom. The van der Waals surface area contributed by atoms with E-state index in [1.807, 2.05) is 0 Å². The molecule has 2 aromatic carbocycles. The van der Waals surface area contributed by atoms with Gasteiger partial charge in [0.15, 0.2) is 17.3 Å². The summed E-state index contributed by atoms with van der Waals surface area (Å²) in [5.41, 5.74) is 1.76. The van der Waals surface area contributed by atoms with Gasteiger partial charge in [-0.15, -0.1) is 0 Å². The van der Waals surface area contributed by atoms with E-state index in [-0.39, 0.29) is 12.4 Å². The zero-order chi connectivity index (χ0) is 18.0. The van der Waals surface area contributed by atoms with E-state index in [0.717, 1.165) is 5.56 Å². The monoisotopic (exact) mass is 360 g/mol. The lowest BCUT2D eigenvalue weighted by Crippen LogP contribution is -2.19. The Morgan fingerprint density at radius 2 is 1.88 bits per heavy atom. The molecule has 0 amide bonds. The lowest BCUT2D eigenvalue weighted by molar-refractivity contribution is 0.100. The minimum absolute atomic E-state index is 0.0881. The molecule has 0 N–H and O–H groups in total. The van der Waals surface area contributed by atoms with Crippen molar-refractivity contribution in [3.63, 3.8) is 0 Å². The first-order chi connectivity index (χ1) is 12.1. The fraction of sp³-hybridized carbons (Fsp3) is 0.211. The molecule has 130 valence electrons. The molecule has 0 atom stereocenters. The number of carbonyl (C=O) groups excluding carboxylic acids is 1. The number of hydrogen-bond donors (Lipinski definition) is 0. The Bertz CT molecular complexity index is 857. The van der Waals surface area contributed by atoms with Crippen molar-refractivity contribution in [1.82, 2.24) is 0 Å². The number of Topliss-reactive ketones (excluding diaryl/α,β-unsaturated/α-hetero) is 1. The van der Waals surface area contributed by atoms with Gasteiger partial charge in [0.25, 0.3) is 0 Å². The number of hydrogen-bond acceptors (Lipinski definition) is 5. The van der Waals surface area contributed by atoms with Crippen LogP contribution in [0.2, 0.25) is 5.02 Å². The summed E-state index contributed by atoms with van der Waals surface area (Å²) >= 11 is 6.22. The van der Waals surface area contributed by atoms with Crippen LogP contribution in [-0.4, -0.2) is 33.7 Å². The number of methoxy groups -OCH3 is 3. The van der Waals surface area contributed by atoms with Crippen molar-refractivity contribution in [3.8, 4) is 23.0 Å². The van der Waals surface area contributed by atoms with E-state index in [9.17, 15) is 4.79 Å².